The van der Waals surface area contributed by atoms with Gasteiger partial charge in [0.1, 0.15) is 0 Å². The van der Waals surface area contributed by atoms with Crippen molar-refractivity contribution in [1.82, 2.24) is 0 Å². The highest BCUT2D eigenvalue weighted by Crippen LogP contribution is 2.64. The average molecular weight is 237 g/mol. The van der Waals surface area contributed by atoms with E-state index in [0.29, 0.717) is 11.3 Å². The molecule has 0 aromatic heterocycles. The molecule has 2 bridgehead atoms. The maximum Gasteiger partial charge on any atom is 0.475 e. The van der Waals surface area contributed by atoms with Crippen molar-refractivity contribution in [1.29, 1.82) is 0 Å². The van der Waals surface area contributed by atoms with Crippen molar-refractivity contribution in [3.8, 4) is 0 Å². The normalized spacial score (nSPS) is 48.5. The first-order valence-corrected chi connectivity index (χ1v) is 6.97. The van der Waals surface area contributed by atoms with E-state index in [1.807, 2.05) is 0 Å². The van der Waals surface area contributed by atoms with Gasteiger partial charge >= 0.3 is 7.12 Å². The second kappa shape index (κ2) is 3.49. The van der Waals surface area contributed by atoms with E-state index in [1.54, 1.807) is 0 Å². The summed E-state index contributed by atoms with van der Waals surface area (Å²) in [6, 6.07) is 0. The molecule has 96 valence electrons. The van der Waals surface area contributed by atoms with Crippen molar-refractivity contribution in [2.75, 3.05) is 0 Å². The SMILES string of the molecule is CC[C@@H](N)B1O[C@@H]2C3C[C@@H](C[C@]2(C)O1)C3(C)C. The molecule has 0 aromatic carbocycles. The lowest BCUT2D eigenvalue weighted by Gasteiger charge is -2.63. The van der Waals surface area contributed by atoms with Gasteiger partial charge in [-0.3, -0.25) is 0 Å². The van der Waals surface area contributed by atoms with E-state index in [4.69, 9.17) is 15.0 Å². The predicted octanol–water partition coefficient (Wildman–Crippen LogP) is 1.99. The molecule has 0 aromatic rings. The molecule has 0 amide bonds. The lowest BCUT2D eigenvalue weighted by molar-refractivity contribution is -0.185. The number of rotatable bonds is 2. The van der Waals surface area contributed by atoms with Crippen LogP contribution >= 0.6 is 0 Å². The summed E-state index contributed by atoms with van der Waals surface area (Å²) < 4.78 is 12.3. The van der Waals surface area contributed by atoms with Gasteiger partial charge in [-0.05, 0) is 43.4 Å². The summed E-state index contributed by atoms with van der Waals surface area (Å²) in [5.74, 6) is 1.46. The summed E-state index contributed by atoms with van der Waals surface area (Å²) in [7, 11) is -0.190. The van der Waals surface area contributed by atoms with E-state index in [1.165, 1.54) is 6.42 Å². The third kappa shape index (κ3) is 1.47. The molecule has 1 saturated heterocycles. The Hall–Kier alpha value is -0.0551. The molecular formula is C13H24BNO2. The highest BCUT2D eigenvalue weighted by atomic mass is 16.7. The predicted molar refractivity (Wildman–Crippen MR) is 68.4 cm³/mol. The maximum atomic E-state index is 6.16. The summed E-state index contributed by atoms with van der Waals surface area (Å²) in [5, 5.41) is 0. The van der Waals surface area contributed by atoms with Crippen LogP contribution in [0.5, 0.6) is 0 Å². The average Bonchev–Trinajstić information content (AvgIpc) is 2.64. The first kappa shape index (κ1) is 12.0. The van der Waals surface area contributed by atoms with Gasteiger partial charge in [-0.1, -0.05) is 20.8 Å². The van der Waals surface area contributed by atoms with Crippen LogP contribution in [0, 0.1) is 17.3 Å². The van der Waals surface area contributed by atoms with Crippen LogP contribution in [-0.2, 0) is 9.31 Å². The fourth-order valence-electron chi connectivity index (χ4n) is 4.12. The van der Waals surface area contributed by atoms with E-state index in [9.17, 15) is 0 Å². The first-order valence-electron chi connectivity index (χ1n) is 6.97. The van der Waals surface area contributed by atoms with Crippen LogP contribution in [0.1, 0.15) is 47.0 Å². The number of hydrogen-bond acceptors (Lipinski definition) is 3. The molecule has 3 nitrogen and oxygen atoms in total. The van der Waals surface area contributed by atoms with Crippen molar-refractivity contribution in [2.45, 2.75) is 64.6 Å². The Labute approximate surface area is 105 Å². The molecule has 1 unspecified atom stereocenters. The fourth-order valence-corrected chi connectivity index (χ4v) is 4.12. The van der Waals surface area contributed by atoms with Crippen molar-refractivity contribution in [3.63, 3.8) is 0 Å². The monoisotopic (exact) mass is 237 g/mol. The Morgan fingerprint density at radius 2 is 2.12 bits per heavy atom. The second-order valence-electron chi connectivity index (χ2n) is 6.99. The van der Waals surface area contributed by atoms with Crippen LogP contribution in [0.3, 0.4) is 0 Å². The molecule has 2 N–H and O–H groups in total. The number of nitrogens with two attached hydrogens (primary N) is 1. The molecule has 0 spiro atoms. The molecule has 5 atom stereocenters. The van der Waals surface area contributed by atoms with Gasteiger partial charge in [0.2, 0.25) is 0 Å². The second-order valence-corrected chi connectivity index (χ2v) is 6.99. The van der Waals surface area contributed by atoms with Crippen LogP contribution in [0.25, 0.3) is 0 Å². The van der Waals surface area contributed by atoms with Gasteiger partial charge in [0, 0.05) is 5.94 Å². The Balaban J connectivity index is 1.81. The smallest absolute Gasteiger partial charge is 0.404 e. The Morgan fingerprint density at radius 1 is 1.41 bits per heavy atom. The summed E-state index contributed by atoms with van der Waals surface area (Å²) in [4.78, 5) is 0. The first-order chi connectivity index (χ1) is 7.88. The van der Waals surface area contributed by atoms with Crippen molar-refractivity contribution < 1.29 is 9.31 Å². The van der Waals surface area contributed by atoms with Gasteiger partial charge in [0.05, 0.1) is 11.7 Å². The van der Waals surface area contributed by atoms with Crippen LogP contribution < -0.4 is 5.73 Å². The quantitative estimate of drug-likeness (QED) is 0.747. The van der Waals surface area contributed by atoms with E-state index in [2.05, 4.69) is 27.7 Å². The van der Waals surface area contributed by atoms with E-state index in [-0.39, 0.29) is 24.8 Å². The molecule has 17 heavy (non-hydrogen) atoms. The van der Waals surface area contributed by atoms with E-state index in [0.717, 1.165) is 18.8 Å². The van der Waals surface area contributed by atoms with Gasteiger partial charge in [-0.25, -0.2) is 0 Å². The van der Waals surface area contributed by atoms with Gasteiger partial charge < -0.3 is 15.0 Å². The van der Waals surface area contributed by atoms with Crippen LogP contribution in [0.15, 0.2) is 0 Å². The summed E-state index contributed by atoms with van der Waals surface area (Å²) in [6.07, 6.45) is 3.61. The zero-order valence-corrected chi connectivity index (χ0v) is 11.4. The van der Waals surface area contributed by atoms with Gasteiger partial charge in [0.25, 0.3) is 0 Å². The van der Waals surface area contributed by atoms with Crippen LogP contribution in [0.4, 0.5) is 0 Å². The zero-order chi connectivity index (χ0) is 12.4. The van der Waals surface area contributed by atoms with Gasteiger partial charge in [-0.15, -0.1) is 0 Å². The summed E-state index contributed by atoms with van der Waals surface area (Å²) in [5.41, 5.74) is 6.41. The Morgan fingerprint density at radius 3 is 2.71 bits per heavy atom. The Kier molecular flexibility index (Phi) is 2.46. The minimum Gasteiger partial charge on any atom is -0.404 e. The largest absolute Gasteiger partial charge is 0.475 e. The minimum atomic E-state index is -0.190. The number of hydrogen-bond donors (Lipinski definition) is 1. The highest BCUT2D eigenvalue weighted by Gasteiger charge is 2.67. The fraction of sp³-hybridized carbons (Fsp3) is 1.00. The summed E-state index contributed by atoms with van der Waals surface area (Å²) in [6.45, 7) is 9.06. The molecule has 4 aliphatic rings. The summed E-state index contributed by atoms with van der Waals surface area (Å²) >= 11 is 0. The van der Waals surface area contributed by atoms with E-state index >= 15 is 0 Å². The molecule has 3 saturated carbocycles. The molecule has 3 aliphatic carbocycles. The minimum absolute atomic E-state index is 0.0118. The van der Waals surface area contributed by atoms with Crippen molar-refractivity contribution >= 4 is 7.12 Å². The molecule has 4 rings (SSSR count). The Bertz CT molecular complexity index is 335. The molecule has 4 heteroatoms. The third-order valence-electron chi connectivity index (χ3n) is 5.65. The molecule has 4 fully saturated rings. The van der Waals surface area contributed by atoms with Crippen LogP contribution in [-0.4, -0.2) is 24.8 Å². The molecule has 0 radical (unpaired) electrons. The molecule has 1 heterocycles. The molecular weight excluding hydrogens is 213 g/mol. The lowest BCUT2D eigenvalue weighted by atomic mass is 9.45. The molecule has 1 aliphatic heterocycles. The van der Waals surface area contributed by atoms with Crippen molar-refractivity contribution in [2.24, 2.45) is 23.0 Å². The third-order valence-corrected chi connectivity index (χ3v) is 5.65. The topological polar surface area (TPSA) is 44.5 Å². The van der Waals surface area contributed by atoms with Crippen molar-refractivity contribution in [3.05, 3.63) is 0 Å². The van der Waals surface area contributed by atoms with Gasteiger partial charge in [-0.2, -0.15) is 0 Å². The zero-order valence-electron chi connectivity index (χ0n) is 11.4. The lowest BCUT2D eigenvalue weighted by Crippen LogP contribution is -2.63. The van der Waals surface area contributed by atoms with E-state index < -0.39 is 0 Å². The standard InChI is InChI=1S/C13H24BNO2/c1-5-10(15)14-16-11-9-6-8(12(9,2)3)7-13(11,4)17-14/h8-11H,5-7,15H2,1-4H3/t8-,9?,10+,11+,13-/m0/s1. The van der Waals surface area contributed by atoms with Gasteiger partial charge in [0.15, 0.2) is 0 Å². The maximum absolute atomic E-state index is 6.16. The van der Waals surface area contributed by atoms with Crippen LogP contribution in [0.2, 0.25) is 0 Å². The highest BCUT2D eigenvalue weighted by molar-refractivity contribution is 6.47.